The van der Waals surface area contributed by atoms with Crippen LogP contribution in [-0.4, -0.2) is 16.5 Å². The first-order valence-corrected chi connectivity index (χ1v) is 5.55. The van der Waals surface area contributed by atoms with Crippen LogP contribution in [0.25, 0.3) is 0 Å². The van der Waals surface area contributed by atoms with Crippen LogP contribution in [0.5, 0.6) is 0 Å². The molecule has 0 atom stereocenters. The van der Waals surface area contributed by atoms with Crippen LogP contribution in [-0.2, 0) is 4.74 Å². The van der Waals surface area contributed by atoms with E-state index < -0.39 is 9.89 Å². The molecule has 0 bridgehead atoms. The number of carbonyl (C=O) groups is 1. The highest BCUT2D eigenvalue weighted by atomic mass is 35.6. The van der Waals surface area contributed by atoms with Crippen LogP contribution in [0.1, 0.15) is 5.56 Å². The number of nitrogens with one attached hydrogen (secondary N) is 1. The lowest BCUT2D eigenvalue weighted by atomic mass is 10.2. The Morgan fingerprint density at radius 2 is 1.94 bits per heavy atom. The van der Waals surface area contributed by atoms with Crippen LogP contribution in [0, 0.1) is 11.3 Å². The SMILES string of the molecule is N#Cc1ccc(NC(=O)OCC(Cl)(Cl)Cl)cc1. The van der Waals surface area contributed by atoms with Gasteiger partial charge in [0, 0.05) is 5.69 Å². The van der Waals surface area contributed by atoms with E-state index in [2.05, 4.69) is 10.1 Å². The maximum absolute atomic E-state index is 11.2. The number of ether oxygens (including phenoxy) is 1. The standard InChI is InChI=1S/C10H7Cl3N2O2/c11-10(12,13)6-17-9(16)15-8-3-1-7(5-14)2-4-8/h1-4H,6H2,(H,15,16). The predicted octanol–water partition coefficient (Wildman–Crippen LogP) is 3.48. The van der Waals surface area contributed by atoms with Crippen LogP contribution in [0.2, 0.25) is 0 Å². The van der Waals surface area contributed by atoms with Gasteiger partial charge in [0.2, 0.25) is 3.79 Å². The fourth-order valence-electron chi connectivity index (χ4n) is 0.929. The average Bonchev–Trinajstić information content (AvgIpc) is 2.27. The van der Waals surface area contributed by atoms with E-state index in [1.165, 1.54) is 0 Å². The summed E-state index contributed by atoms with van der Waals surface area (Å²) in [5, 5.41) is 11.0. The molecule has 90 valence electrons. The molecule has 4 nitrogen and oxygen atoms in total. The molecule has 0 heterocycles. The summed E-state index contributed by atoms with van der Waals surface area (Å²) in [6.45, 7) is -0.347. The minimum atomic E-state index is -1.64. The first kappa shape index (κ1) is 13.9. The molecule has 7 heteroatoms. The van der Waals surface area contributed by atoms with E-state index >= 15 is 0 Å². The van der Waals surface area contributed by atoms with Crippen molar-refractivity contribution >= 4 is 46.6 Å². The highest BCUT2D eigenvalue weighted by Crippen LogP contribution is 2.26. The number of carbonyl (C=O) groups excluding carboxylic acids is 1. The molecule has 17 heavy (non-hydrogen) atoms. The highest BCUT2D eigenvalue weighted by molar-refractivity contribution is 6.67. The Hall–Kier alpha value is -1.15. The summed E-state index contributed by atoms with van der Waals surface area (Å²) in [6, 6.07) is 8.21. The summed E-state index contributed by atoms with van der Waals surface area (Å²) in [5.74, 6) is 0. The van der Waals surface area contributed by atoms with E-state index in [1.807, 2.05) is 6.07 Å². The molecule has 0 saturated heterocycles. The summed E-state index contributed by atoms with van der Waals surface area (Å²) in [6.07, 6.45) is -0.735. The molecule has 0 aromatic heterocycles. The highest BCUT2D eigenvalue weighted by Gasteiger charge is 2.22. The van der Waals surface area contributed by atoms with E-state index in [0.717, 1.165) is 0 Å². The smallest absolute Gasteiger partial charge is 0.411 e. The third kappa shape index (κ3) is 5.64. The van der Waals surface area contributed by atoms with Crippen LogP contribution in [0.15, 0.2) is 24.3 Å². The number of nitriles is 1. The monoisotopic (exact) mass is 292 g/mol. The van der Waals surface area contributed by atoms with Gasteiger partial charge < -0.3 is 4.74 Å². The van der Waals surface area contributed by atoms with Crippen molar-refractivity contribution in [3.05, 3.63) is 29.8 Å². The van der Waals surface area contributed by atoms with Crippen molar-refractivity contribution in [1.29, 1.82) is 5.26 Å². The Balaban J connectivity index is 2.48. The lowest BCUT2D eigenvalue weighted by Gasteiger charge is -2.11. The second-order valence-electron chi connectivity index (χ2n) is 3.01. The number of benzene rings is 1. The van der Waals surface area contributed by atoms with Crippen LogP contribution < -0.4 is 5.32 Å². The van der Waals surface area contributed by atoms with E-state index in [-0.39, 0.29) is 6.61 Å². The van der Waals surface area contributed by atoms with E-state index in [4.69, 9.17) is 40.1 Å². The molecule has 0 saturated carbocycles. The van der Waals surface area contributed by atoms with Gasteiger partial charge in [0.05, 0.1) is 11.6 Å². The van der Waals surface area contributed by atoms with Gasteiger partial charge in [0.15, 0.2) is 0 Å². The summed E-state index contributed by atoms with van der Waals surface area (Å²) in [7, 11) is 0. The predicted molar refractivity (Wildman–Crippen MR) is 66.4 cm³/mol. The summed E-state index contributed by atoms with van der Waals surface area (Å²) in [4.78, 5) is 11.2. The number of hydrogen-bond acceptors (Lipinski definition) is 3. The van der Waals surface area contributed by atoms with E-state index in [1.54, 1.807) is 24.3 Å². The number of hydrogen-bond donors (Lipinski definition) is 1. The quantitative estimate of drug-likeness (QED) is 0.849. The molecule has 0 aliphatic rings. The van der Waals surface area contributed by atoms with Crippen molar-refractivity contribution in [2.45, 2.75) is 3.79 Å². The van der Waals surface area contributed by atoms with E-state index in [9.17, 15) is 4.79 Å². The Morgan fingerprint density at radius 3 is 2.41 bits per heavy atom. The van der Waals surface area contributed by atoms with Gasteiger partial charge in [-0.1, -0.05) is 34.8 Å². The molecular formula is C10H7Cl3N2O2. The Kier molecular flexibility index (Phi) is 4.88. The first-order valence-electron chi connectivity index (χ1n) is 4.41. The largest absolute Gasteiger partial charge is 0.445 e. The van der Waals surface area contributed by atoms with Crippen LogP contribution in [0.4, 0.5) is 10.5 Å². The molecule has 0 radical (unpaired) electrons. The van der Waals surface area contributed by atoms with Gasteiger partial charge >= 0.3 is 6.09 Å². The topological polar surface area (TPSA) is 62.1 Å². The summed E-state index contributed by atoms with van der Waals surface area (Å²) >= 11 is 16.2. The second kappa shape index (κ2) is 5.97. The number of nitrogens with zero attached hydrogens (tertiary/aromatic N) is 1. The maximum atomic E-state index is 11.2. The molecule has 1 aromatic rings. The van der Waals surface area contributed by atoms with Crippen LogP contribution >= 0.6 is 34.8 Å². The molecule has 0 aliphatic carbocycles. The van der Waals surface area contributed by atoms with Gasteiger partial charge in [-0.15, -0.1) is 0 Å². The molecule has 1 N–H and O–H groups in total. The summed E-state index contributed by atoms with van der Waals surface area (Å²) < 4.78 is 3.02. The zero-order valence-corrected chi connectivity index (χ0v) is 10.7. The molecule has 0 aliphatic heterocycles. The third-order valence-electron chi connectivity index (χ3n) is 1.63. The van der Waals surface area contributed by atoms with Crippen molar-refractivity contribution in [2.24, 2.45) is 0 Å². The molecule has 1 amide bonds. The lowest BCUT2D eigenvalue weighted by Crippen LogP contribution is -2.21. The number of anilines is 1. The number of alkyl halides is 3. The van der Waals surface area contributed by atoms with Crippen molar-refractivity contribution in [3.8, 4) is 6.07 Å². The maximum Gasteiger partial charge on any atom is 0.411 e. The van der Waals surface area contributed by atoms with Gasteiger partial charge in [0.1, 0.15) is 6.61 Å². The second-order valence-corrected chi connectivity index (χ2v) is 5.52. The van der Waals surface area contributed by atoms with E-state index in [0.29, 0.717) is 11.3 Å². The molecular weight excluding hydrogens is 286 g/mol. The Labute approximate surface area is 113 Å². The van der Waals surface area contributed by atoms with Crippen molar-refractivity contribution < 1.29 is 9.53 Å². The first-order chi connectivity index (χ1) is 7.90. The number of amides is 1. The fraction of sp³-hybridized carbons (Fsp3) is 0.200. The molecule has 0 unspecified atom stereocenters. The molecule has 0 fully saturated rings. The minimum absolute atomic E-state index is 0.347. The van der Waals surface area contributed by atoms with Crippen molar-refractivity contribution in [1.82, 2.24) is 0 Å². The summed E-state index contributed by atoms with van der Waals surface area (Å²) in [5.41, 5.74) is 0.975. The van der Waals surface area contributed by atoms with Crippen molar-refractivity contribution in [3.63, 3.8) is 0 Å². The Bertz CT molecular complexity index is 434. The molecule has 1 rings (SSSR count). The lowest BCUT2D eigenvalue weighted by molar-refractivity contribution is 0.164. The number of halogens is 3. The molecule has 0 spiro atoms. The average molecular weight is 294 g/mol. The van der Waals surface area contributed by atoms with Gasteiger partial charge in [-0.05, 0) is 24.3 Å². The van der Waals surface area contributed by atoms with Gasteiger partial charge in [-0.25, -0.2) is 4.79 Å². The normalized spacial score (nSPS) is 10.5. The fourth-order valence-corrected chi connectivity index (χ4v) is 1.09. The third-order valence-corrected chi connectivity index (χ3v) is 1.95. The van der Waals surface area contributed by atoms with Crippen molar-refractivity contribution in [2.75, 3.05) is 11.9 Å². The van der Waals surface area contributed by atoms with Gasteiger partial charge in [0.25, 0.3) is 0 Å². The Morgan fingerprint density at radius 1 is 1.35 bits per heavy atom. The zero-order chi connectivity index (χ0) is 12.9. The van der Waals surface area contributed by atoms with Gasteiger partial charge in [-0.2, -0.15) is 5.26 Å². The van der Waals surface area contributed by atoms with Gasteiger partial charge in [-0.3, -0.25) is 5.32 Å². The minimum Gasteiger partial charge on any atom is -0.445 e. The number of rotatable bonds is 2. The molecule has 1 aromatic carbocycles. The van der Waals surface area contributed by atoms with Crippen LogP contribution in [0.3, 0.4) is 0 Å². The zero-order valence-electron chi connectivity index (χ0n) is 8.41.